The first kappa shape index (κ1) is 30.5. The third kappa shape index (κ3) is 9.83. The second-order valence-electron chi connectivity index (χ2n) is 10.6. The molecule has 0 spiro atoms. The first-order valence-corrected chi connectivity index (χ1v) is 14.5. The molecule has 4 rings (SSSR count). The quantitative estimate of drug-likeness (QED) is 0.232. The molecule has 2 aromatic carbocycles. The van der Waals surface area contributed by atoms with E-state index in [9.17, 15) is 9.18 Å². The summed E-state index contributed by atoms with van der Waals surface area (Å²) in [4.78, 5) is 19.6. The van der Waals surface area contributed by atoms with Gasteiger partial charge in [0.1, 0.15) is 35.5 Å². The van der Waals surface area contributed by atoms with E-state index in [0.29, 0.717) is 50.0 Å². The number of pyridine rings is 1. The molecule has 0 amide bonds. The summed E-state index contributed by atoms with van der Waals surface area (Å²) in [6.07, 6.45) is 2.75. The SMILES string of the molecule is CCOc1ccc(-c2ccc(CC(=O)CCc3cc(F)cc(OCC(C)C)c3)nc2)c(OCCN2CCOCC2)c1. The van der Waals surface area contributed by atoms with Crippen molar-refractivity contribution in [1.82, 2.24) is 9.88 Å². The van der Waals surface area contributed by atoms with Crippen molar-refractivity contribution in [1.29, 1.82) is 0 Å². The van der Waals surface area contributed by atoms with Gasteiger partial charge in [0.05, 0.1) is 26.4 Å². The van der Waals surface area contributed by atoms with Crippen LogP contribution in [-0.4, -0.2) is 68.3 Å². The Balaban J connectivity index is 1.35. The van der Waals surface area contributed by atoms with Crippen molar-refractivity contribution in [3.05, 3.63) is 71.8 Å². The summed E-state index contributed by atoms with van der Waals surface area (Å²) in [5, 5.41) is 0. The van der Waals surface area contributed by atoms with E-state index in [1.165, 1.54) is 12.1 Å². The maximum atomic E-state index is 14.0. The minimum atomic E-state index is -0.357. The predicted octanol–water partition coefficient (Wildman–Crippen LogP) is 5.78. The monoisotopic (exact) mass is 564 g/mol. The van der Waals surface area contributed by atoms with Crippen molar-refractivity contribution in [3.8, 4) is 28.4 Å². The zero-order valence-corrected chi connectivity index (χ0v) is 24.4. The Kier molecular flexibility index (Phi) is 11.5. The lowest BCUT2D eigenvalue weighted by molar-refractivity contribution is -0.118. The molecule has 0 saturated carbocycles. The zero-order valence-electron chi connectivity index (χ0n) is 24.4. The maximum absolute atomic E-state index is 14.0. The number of aromatic nitrogens is 1. The van der Waals surface area contributed by atoms with Crippen LogP contribution in [-0.2, 0) is 22.4 Å². The first-order chi connectivity index (χ1) is 19.9. The number of rotatable bonds is 15. The number of halogens is 1. The average Bonchev–Trinajstić information content (AvgIpc) is 2.96. The topological polar surface area (TPSA) is 70.1 Å². The summed E-state index contributed by atoms with van der Waals surface area (Å²) in [6.45, 7) is 11.8. The summed E-state index contributed by atoms with van der Waals surface area (Å²) in [6, 6.07) is 14.3. The highest BCUT2D eigenvalue weighted by Crippen LogP contribution is 2.33. The van der Waals surface area contributed by atoms with Gasteiger partial charge in [0.15, 0.2) is 0 Å². The van der Waals surface area contributed by atoms with Crippen LogP contribution in [0.4, 0.5) is 4.39 Å². The minimum absolute atomic E-state index is 0.0485. The molecule has 0 N–H and O–H groups in total. The molecule has 220 valence electrons. The Hall–Kier alpha value is -3.49. The number of morpholine rings is 1. The van der Waals surface area contributed by atoms with Gasteiger partial charge in [0.2, 0.25) is 0 Å². The lowest BCUT2D eigenvalue weighted by Gasteiger charge is -2.26. The van der Waals surface area contributed by atoms with E-state index in [0.717, 1.165) is 61.0 Å². The van der Waals surface area contributed by atoms with Gasteiger partial charge in [-0.2, -0.15) is 0 Å². The number of Topliss-reactive ketones (excluding diaryl/α,β-unsaturated/α-hetero) is 1. The summed E-state index contributed by atoms with van der Waals surface area (Å²) in [5.74, 6) is 2.02. The molecule has 1 saturated heterocycles. The number of benzene rings is 2. The van der Waals surface area contributed by atoms with Crippen molar-refractivity contribution in [2.75, 3.05) is 52.7 Å². The fourth-order valence-electron chi connectivity index (χ4n) is 4.60. The van der Waals surface area contributed by atoms with Crippen LogP contribution in [0.5, 0.6) is 17.2 Å². The average molecular weight is 565 g/mol. The Bertz CT molecular complexity index is 1260. The number of nitrogens with zero attached hydrogens (tertiary/aromatic N) is 2. The number of hydrogen-bond acceptors (Lipinski definition) is 7. The fraction of sp³-hybridized carbons (Fsp3) is 0.455. The molecule has 0 bridgehead atoms. The van der Waals surface area contributed by atoms with E-state index in [4.69, 9.17) is 18.9 Å². The van der Waals surface area contributed by atoms with Crippen molar-refractivity contribution in [3.63, 3.8) is 0 Å². The summed E-state index contributed by atoms with van der Waals surface area (Å²) >= 11 is 0. The Morgan fingerprint density at radius 2 is 1.85 bits per heavy atom. The number of ether oxygens (including phenoxy) is 4. The molecule has 8 heteroatoms. The van der Waals surface area contributed by atoms with E-state index >= 15 is 0 Å². The molecule has 41 heavy (non-hydrogen) atoms. The van der Waals surface area contributed by atoms with Crippen LogP contribution < -0.4 is 14.2 Å². The van der Waals surface area contributed by atoms with E-state index in [1.807, 2.05) is 57.2 Å². The van der Waals surface area contributed by atoms with Crippen LogP contribution in [0.2, 0.25) is 0 Å². The van der Waals surface area contributed by atoms with Crippen LogP contribution in [0.15, 0.2) is 54.7 Å². The molecule has 0 atom stereocenters. The molecule has 0 aliphatic carbocycles. The standard InChI is InChI=1S/C33H41FN2O5/c1-4-39-30-9-10-32(33(21-30)40-16-13-36-11-14-38-15-12-36)26-6-7-28(35-22-26)20-29(37)8-5-25-17-27(34)19-31(18-25)41-23-24(2)3/h6-7,9-10,17-19,21-22,24H,4-5,8,11-16,20,23H2,1-3H3. The predicted molar refractivity (Wildman–Crippen MR) is 157 cm³/mol. The van der Waals surface area contributed by atoms with Crippen LogP contribution >= 0.6 is 0 Å². The van der Waals surface area contributed by atoms with Gasteiger partial charge in [-0.25, -0.2) is 4.39 Å². The maximum Gasteiger partial charge on any atom is 0.139 e. The van der Waals surface area contributed by atoms with Gasteiger partial charge < -0.3 is 18.9 Å². The van der Waals surface area contributed by atoms with Crippen molar-refractivity contribution in [2.45, 2.75) is 40.0 Å². The second kappa shape index (κ2) is 15.5. The van der Waals surface area contributed by atoms with Gasteiger partial charge in [0.25, 0.3) is 0 Å². The Morgan fingerprint density at radius 3 is 2.59 bits per heavy atom. The molecule has 0 unspecified atom stereocenters. The molecule has 1 aliphatic rings. The van der Waals surface area contributed by atoms with Gasteiger partial charge in [-0.3, -0.25) is 14.7 Å². The lowest BCUT2D eigenvalue weighted by atomic mass is 10.0. The smallest absolute Gasteiger partial charge is 0.139 e. The first-order valence-electron chi connectivity index (χ1n) is 14.5. The number of carbonyl (C=O) groups is 1. The highest BCUT2D eigenvalue weighted by Gasteiger charge is 2.14. The van der Waals surface area contributed by atoms with Crippen LogP contribution in [0, 0.1) is 11.7 Å². The van der Waals surface area contributed by atoms with Crippen LogP contribution in [0.3, 0.4) is 0 Å². The molecule has 1 aliphatic heterocycles. The largest absolute Gasteiger partial charge is 0.494 e. The molecular weight excluding hydrogens is 523 g/mol. The van der Waals surface area contributed by atoms with Gasteiger partial charge in [-0.05, 0) is 55.2 Å². The molecule has 2 heterocycles. The normalized spacial score (nSPS) is 13.8. The highest BCUT2D eigenvalue weighted by molar-refractivity contribution is 5.81. The number of carbonyl (C=O) groups excluding carboxylic acids is 1. The molecule has 7 nitrogen and oxygen atoms in total. The Morgan fingerprint density at radius 1 is 1.02 bits per heavy atom. The summed E-state index contributed by atoms with van der Waals surface area (Å²) in [5.41, 5.74) is 3.26. The van der Waals surface area contributed by atoms with E-state index in [1.54, 1.807) is 6.20 Å². The van der Waals surface area contributed by atoms with Crippen LogP contribution in [0.25, 0.3) is 11.1 Å². The number of hydrogen-bond donors (Lipinski definition) is 0. The van der Waals surface area contributed by atoms with Crippen molar-refractivity contribution in [2.24, 2.45) is 5.92 Å². The second-order valence-corrected chi connectivity index (χ2v) is 10.6. The van der Waals surface area contributed by atoms with Gasteiger partial charge in [-0.15, -0.1) is 0 Å². The van der Waals surface area contributed by atoms with Gasteiger partial charge in [0, 0.05) is 67.6 Å². The van der Waals surface area contributed by atoms with Gasteiger partial charge >= 0.3 is 0 Å². The third-order valence-electron chi connectivity index (χ3n) is 6.75. The highest BCUT2D eigenvalue weighted by atomic mass is 19.1. The summed E-state index contributed by atoms with van der Waals surface area (Å²) in [7, 11) is 0. The van der Waals surface area contributed by atoms with E-state index < -0.39 is 0 Å². The van der Waals surface area contributed by atoms with Crippen LogP contribution in [0.1, 0.15) is 38.4 Å². The number of ketones is 1. The molecular formula is C33H41FN2O5. The molecule has 1 fully saturated rings. The number of aryl methyl sites for hydroxylation is 1. The molecule has 0 radical (unpaired) electrons. The fourth-order valence-corrected chi connectivity index (χ4v) is 4.60. The third-order valence-corrected chi connectivity index (χ3v) is 6.75. The minimum Gasteiger partial charge on any atom is -0.494 e. The van der Waals surface area contributed by atoms with E-state index in [2.05, 4.69) is 9.88 Å². The molecule has 3 aromatic rings. The Labute approximate surface area is 242 Å². The van der Waals surface area contributed by atoms with Gasteiger partial charge in [-0.1, -0.05) is 19.9 Å². The molecule has 1 aromatic heterocycles. The van der Waals surface area contributed by atoms with Crippen molar-refractivity contribution >= 4 is 5.78 Å². The van der Waals surface area contributed by atoms with Crippen molar-refractivity contribution < 1.29 is 28.1 Å². The van der Waals surface area contributed by atoms with E-state index in [-0.39, 0.29) is 18.0 Å². The zero-order chi connectivity index (χ0) is 29.0. The summed E-state index contributed by atoms with van der Waals surface area (Å²) < 4.78 is 37.0. The lowest BCUT2D eigenvalue weighted by Crippen LogP contribution is -2.38.